The Balaban J connectivity index is 1.22. The van der Waals surface area contributed by atoms with Crippen LogP contribution >= 0.6 is 0 Å². The van der Waals surface area contributed by atoms with Crippen molar-refractivity contribution in [1.82, 2.24) is 20.1 Å². The second kappa shape index (κ2) is 9.40. The molecule has 6 nitrogen and oxygen atoms in total. The third-order valence-electron chi connectivity index (χ3n) is 7.39. The first kappa shape index (κ1) is 21.7. The number of rotatable bonds is 7. The topological polar surface area (TPSA) is 68.4 Å². The van der Waals surface area contributed by atoms with Crippen LogP contribution in [0.25, 0.3) is 10.9 Å². The molecule has 3 aromatic rings. The van der Waals surface area contributed by atoms with Crippen LogP contribution in [0.5, 0.6) is 0 Å². The van der Waals surface area contributed by atoms with E-state index in [-0.39, 0.29) is 18.4 Å². The Morgan fingerprint density at radius 1 is 0.879 bits per heavy atom. The third-order valence-corrected chi connectivity index (χ3v) is 7.39. The minimum atomic E-state index is -0.711. The number of carbonyl (C=O) groups excluding carboxylic acids is 2. The number of hydrogen-bond acceptors (Lipinski definition) is 3. The van der Waals surface area contributed by atoms with Crippen molar-refractivity contribution in [3.63, 3.8) is 0 Å². The fourth-order valence-electron chi connectivity index (χ4n) is 5.48. The number of hydrogen-bond donors (Lipinski definition) is 2. The summed E-state index contributed by atoms with van der Waals surface area (Å²) in [5, 5.41) is 4.06. The number of piperidine rings is 1. The molecule has 6 heteroatoms. The van der Waals surface area contributed by atoms with Gasteiger partial charge in [0.05, 0.1) is 6.54 Å². The van der Waals surface area contributed by atoms with Crippen molar-refractivity contribution >= 4 is 22.7 Å². The standard InChI is InChI=1S/C27H32N4O2/c32-25-20-29-26(33)27(31(25)16-12-22-19-28-24-11-5-4-10-23(22)24)13-17-30(18-14-27)15-6-9-21-7-2-1-3-8-21/h1-5,7-8,10-11,19,28H,6,9,12-18,20H2,(H,29,33). The van der Waals surface area contributed by atoms with Crippen LogP contribution in [0, 0.1) is 0 Å². The number of aromatic nitrogens is 1. The summed E-state index contributed by atoms with van der Waals surface area (Å²) in [4.78, 5) is 33.7. The Bertz CT molecular complexity index is 1120. The number of nitrogens with zero attached hydrogens (tertiary/aromatic N) is 2. The maximum atomic E-state index is 13.1. The van der Waals surface area contributed by atoms with E-state index >= 15 is 0 Å². The summed E-state index contributed by atoms with van der Waals surface area (Å²) in [5.74, 6) is 0.0527. The molecule has 2 fully saturated rings. The fraction of sp³-hybridized carbons (Fsp3) is 0.407. The van der Waals surface area contributed by atoms with Crippen molar-refractivity contribution < 1.29 is 9.59 Å². The molecule has 2 N–H and O–H groups in total. The molecular weight excluding hydrogens is 412 g/mol. The van der Waals surface area contributed by atoms with E-state index in [0.29, 0.717) is 19.4 Å². The zero-order valence-corrected chi connectivity index (χ0v) is 19.1. The third kappa shape index (κ3) is 4.40. The Morgan fingerprint density at radius 2 is 1.64 bits per heavy atom. The molecule has 0 unspecified atom stereocenters. The van der Waals surface area contributed by atoms with Gasteiger partial charge in [-0.05, 0) is 55.8 Å². The van der Waals surface area contributed by atoms with Gasteiger partial charge in [-0.25, -0.2) is 0 Å². The molecule has 0 bridgehead atoms. The molecular formula is C27H32N4O2. The molecule has 1 spiro atoms. The first-order chi connectivity index (χ1) is 16.2. The number of amides is 2. The normalized spacial score (nSPS) is 18.7. The molecule has 0 saturated carbocycles. The van der Waals surface area contributed by atoms with Crippen LogP contribution < -0.4 is 5.32 Å². The number of aromatic amines is 1. The Hall–Kier alpha value is -3.12. The summed E-state index contributed by atoms with van der Waals surface area (Å²) in [6, 6.07) is 18.8. The predicted octanol–water partition coefficient (Wildman–Crippen LogP) is 3.14. The smallest absolute Gasteiger partial charge is 0.246 e. The lowest BCUT2D eigenvalue weighted by atomic mass is 9.82. The average molecular weight is 445 g/mol. The van der Waals surface area contributed by atoms with E-state index < -0.39 is 5.54 Å². The average Bonchev–Trinajstić information content (AvgIpc) is 3.27. The lowest BCUT2D eigenvalue weighted by molar-refractivity contribution is -0.157. The van der Waals surface area contributed by atoms with Gasteiger partial charge in [0.2, 0.25) is 11.8 Å². The number of fused-ring (bicyclic) bond motifs is 1. The van der Waals surface area contributed by atoms with Crippen LogP contribution in [-0.4, -0.2) is 64.9 Å². The zero-order valence-electron chi connectivity index (χ0n) is 19.1. The van der Waals surface area contributed by atoms with Gasteiger partial charge in [0.25, 0.3) is 0 Å². The quantitative estimate of drug-likeness (QED) is 0.588. The van der Waals surface area contributed by atoms with Crippen LogP contribution in [-0.2, 0) is 22.4 Å². The highest BCUT2D eigenvalue weighted by molar-refractivity contribution is 5.98. The number of benzene rings is 2. The summed E-state index contributed by atoms with van der Waals surface area (Å²) in [7, 11) is 0. The number of nitrogens with one attached hydrogen (secondary N) is 2. The summed E-state index contributed by atoms with van der Waals surface area (Å²) < 4.78 is 0. The second-order valence-corrected chi connectivity index (χ2v) is 9.30. The van der Waals surface area contributed by atoms with E-state index in [2.05, 4.69) is 51.6 Å². The van der Waals surface area contributed by atoms with E-state index in [1.54, 1.807) is 0 Å². The molecule has 2 amide bonds. The lowest BCUT2D eigenvalue weighted by Gasteiger charge is -2.50. The second-order valence-electron chi connectivity index (χ2n) is 9.30. The molecule has 2 aromatic carbocycles. The molecule has 0 radical (unpaired) electrons. The largest absolute Gasteiger partial charge is 0.361 e. The van der Waals surface area contributed by atoms with Gasteiger partial charge in [0, 0.05) is 36.7 Å². The number of carbonyl (C=O) groups is 2. The molecule has 2 aliphatic rings. The van der Waals surface area contributed by atoms with Crippen LogP contribution in [0.2, 0.25) is 0 Å². The highest BCUT2D eigenvalue weighted by Crippen LogP contribution is 2.32. The monoisotopic (exact) mass is 444 g/mol. The molecule has 0 aliphatic carbocycles. The first-order valence-corrected chi connectivity index (χ1v) is 12.1. The van der Waals surface area contributed by atoms with Crippen molar-refractivity contribution in [3.05, 3.63) is 71.9 Å². The lowest BCUT2D eigenvalue weighted by Crippen LogP contribution is -2.70. The van der Waals surface area contributed by atoms with Crippen molar-refractivity contribution in [2.45, 2.75) is 37.6 Å². The van der Waals surface area contributed by atoms with Crippen molar-refractivity contribution in [2.75, 3.05) is 32.7 Å². The van der Waals surface area contributed by atoms with Crippen molar-refractivity contribution in [1.29, 1.82) is 0 Å². The molecule has 1 aromatic heterocycles. The zero-order chi connectivity index (χ0) is 22.7. The Morgan fingerprint density at radius 3 is 2.45 bits per heavy atom. The number of likely N-dealkylation sites (tertiary alicyclic amines) is 1. The van der Waals surface area contributed by atoms with Crippen LogP contribution in [0.4, 0.5) is 0 Å². The SMILES string of the molecule is O=C1CNC(=O)C2(CCN(CCCc3ccccc3)CC2)N1CCc1c[nH]c2ccccc12. The maximum Gasteiger partial charge on any atom is 0.246 e. The van der Waals surface area contributed by atoms with Crippen LogP contribution in [0.3, 0.4) is 0 Å². The number of para-hydroxylation sites is 1. The van der Waals surface area contributed by atoms with Gasteiger partial charge in [-0.2, -0.15) is 0 Å². The summed E-state index contributed by atoms with van der Waals surface area (Å²) >= 11 is 0. The van der Waals surface area contributed by atoms with Crippen LogP contribution in [0.15, 0.2) is 60.8 Å². The number of piperazine rings is 1. The minimum Gasteiger partial charge on any atom is -0.361 e. The van der Waals surface area contributed by atoms with Gasteiger partial charge in [-0.1, -0.05) is 48.5 Å². The molecule has 0 atom stereocenters. The van der Waals surface area contributed by atoms with Gasteiger partial charge in [-0.3, -0.25) is 9.59 Å². The molecule has 2 saturated heterocycles. The maximum absolute atomic E-state index is 13.1. The predicted molar refractivity (Wildman–Crippen MR) is 130 cm³/mol. The summed E-state index contributed by atoms with van der Waals surface area (Å²) in [5.41, 5.74) is 2.95. The van der Waals surface area contributed by atoms with E-state index in [1.807, 2.05) is 29.3 Å². The molecule has 33 heavy (non-hydrogen) atoms. The van der Waals surface area contributed by atoms with E-state index in [4.69, 9.17) is 0 Å². The Labute approximate surface area is 195 Å². The van der Waals surface area contributed by atoms with Crippen molar-refractivity contribution in [3.8, 4) is 0 Å². The molecule has 2 aliphatic heterocycles. The fourth-order valence-corrected chi connectivity index (χ4v) is 5.48. The molecule has 5 rings (SSSR count). The van der Waals surface area contributed by atoms with Gasteiger partial charge in [0.15, 0.2) is 0 Å². The highest BCUT2D eigenvalue weighted by Gasteiger charge is 2.50. The van der Waals surface area contributed by atoms with Gasteiger partial charge in [0.1, 0.15) is 5.54 Å². The number of H-pyrrole nitrogens is 1. The highest BCUT2D eigenvalue weighted by atomic mass is 16.2. The summed E-state index contributed by atoms with van der Waals surface area (Å²) in [6.45, 7) is 3.39. The van der Waals surface area contributed by atoms with Gasteiger partial charge >= 0.3 is 0 Å². The minimum absolute atomic E-state index is 0.0185. The van der Waals surface area contributed by atoms with E-state index in [0.717, 1.165) is 44.4 Å². The molecule has 3 heterocycles. The number of aryl methyl sites for hydroxylation is 1. The first-order valence-electron chi connectivity index (χ1n) is 12.1. The Kier molecular flexibility index (Phi) is 6.18. The molecule has 172 valence electrons. The van der Waals surface area contributed by atoms with E-state index in [9.17, 15) is 9.59 Å². The van der Waals surface area contributed by atoms with Gasteiger partial charge < -0.3 is 20.1 Å². The van der Waals surface area contributed by atoms with Gasteiger partial charge in [-0.15, -0.1) is 0 Å². The van der Waals surface area contributed by atoms with Crippen LogP contribution in [0.1, 0.15) is 30.4 Å². The summed E-state index contributed by atoms with van der Waals surface area (Å²) in [6.07, 6.45) is 6.34. The van der Waals surface area contributed by atoms with Crippen molar-refractivity contribution in [2.24, 2.45) is 0 Å². The van der Waals surface area contributed by atoms with E-state index in [1.165, 1.54) is 16.5 Å².